The average Bonchev–Trinajstić information content (AvgIpc) is 3.00. The Balaban J connectivity index is 2.21. The van der Waals surface area contributed by atoms with Crippen LogP contribution in [0, 0.1) is 6.92 Å². The van der Waals surface area contributed by atoms with E-state index in [9.17, 15) is 9.59 Å². The Hall–Kier alpha value is -2.76. The lowest BCUT2D eigenvalue weighted by Gasteiger charge is -2.20. The fourth-order valence-corrected chi connectivity index (χ4v) is 3.04. The molecule has 0 spiro atoms. The molecule has 24 heavy (non-hydrogen) atoms. The van der Waals surface area contributed by atoms with E-state index in [-0.39, 0.29) is 18.1 Å². The van der Waals surface area contributed by atoms with Crippen molar-refractivity contribution in [3.63, 3.8) is 0 Å². The zero-order chi connectivity index (χ0) is 17.4. The van der Waals surface area contributed by atoms with Crippen LogP contribution in [0.15, 0.2) is 23.0 Å². The van der Waals surface area contributed by atoms with Gasteiger partial charge in [-0.05, 0) is 37.1 Å². The van der Waals surface area contributed by atoms with Crippen molar-refractivity contribution < 1.29 is 14.3 Å². The number of aromatic amines is 1. The van der Waals surface area contributed by atoms with E-state index in [1.165, 1.54) is 0 Å². The highest BCUT2D eigenvalue weighted by Crippen LogP contribution is 2.34. The third-order valence-electron chi connectivity index (χ3n) is 4.17. The number of pyridine rings is 1. The molecule has 6 nitrogen and oxygen atoms in total. The van der Waals surface area contributed by atoms with Crippen LogP contribution in [0.4, 0.5) is 5.69 Å². The summed E-state index contributed by atoms with van der Waals surface area (Å²) in [5.41, 5.74) is 2.60. The van der Waals surface area contributed by atoms with Gasteiger partial charge >= 0.3 is 0 Å². The number of ether oxygens (including phenoxy) is 2. The molecule has 0 unspecified atom stereocenters. The van der Waals surface area contributed by atoms with Crippen LogP contribution in [0.25, 0.3) is 0 Å². The molecule has 0 atom stereocenters. The van der Waals surface area contributed by atoms with Gasteiger partial charge in [0.1, 0.15) is 5.69 Å². The molecule has 1 aromatic carbocycles. The summed E-state index contributed by atoms with van der Waals surface area (Å²) in [6.07, 6.45) is 0.648. The Bertz CT molecular complexity index is 868. The van der Waals surface area contributed by atoms with Gasteiger partial charge in [0.15, 0.2) is 17.3 Å². The molecule has 0 amide bonds. The molecule has 0 saturated heterocycles. The van der Waals surface area contributed by atoms with Crippen LogP contribution in [0.3, 0.4) is 0 Å². The van der Waals surface area contributed by atoms with Crippen LogP contribution >= 0.6 is 0 Å². The van der Waals surface area contributed by atoms with Gasteiger partial charge in [-0.2, -0.15) is 0 Å². The second-order valence-corrected chi connectivity index (χ2v) is 5.93. The van der Waals surface area contributed by atoms with Crippen LogP contribution in [-0.2, 0) is 6.42 Å². The van der Waals surface area contributed by atoms with E-state index >= 15 is 0 Å². The molecule has 0 fully saturated rings. The largest absolute Gasteiger partial charge is 0.454 e. The quantitative estimate of drug-likeness (QED) is 0.872. The fourth-order valence-electron chi connectivity index (χ4n) is 3.04. The zero-order valence-electron chi connectivity index (χ0n) is 14.2. The third-order valence-corrected chi connectivity index (χ3v) is 4.17. The first-order chi connectivity index (χ1) is 11.4. The molecule has 6 heteroatoms. The Kier molecular flexibility index (Phi) is 4.05. The van der Waals surface area contributed by atoms with E-state index in [1.807, 2.05) is 13.8 Å². The van der Waals surface area contributed by atoms with E-state index in [0.29, 0.717) is 34.7 Å². The third kappa shape index (κ3) is 2.54. The topological polar surface area (TPSA) is 71.6 Å². The molecule has 1 aliphatic rings. The van der Waals surface area contributed by atoms with Gasteiger partial charge in [-0.3, -0.25) is 9.59 Å². The second kappa shape index (κ2) is 6.03. The predicted octanol–water partition coefficient (Wildman–Crippen LogP) is 2.27. The molecule has 2 aromatic rings. The minimum absolute atomic E-state index is 0.153. The molecule has 3 rings (SSSR count). The molecule has 126 valence electrons. The van der Waals surface area contributed by atoms with Crippen molar-refractivity contribution in [1.82, 2.24) is 4.98 Å². The van der Waals surface area contributed by atoms with Crippen molar-refractivity contribution in [2.24, 2.45) is 0 Å². The van der Waals surface area contributed by atoms with Gasteiger partial charge in [0.05, 0.1) is 5.56 Å². The molecule has 0 aliphatic carbocycles. The highest BCUT2D eigenvalue weighted by Gasteiger charge is 2.25. The molecule has 0 radical (unpaired) electrons. The van der Waals surface area contributed by atoms with Crippen LogP contribution < -0.4 is 19.9 Å². The summed E-state index contributed by atoms with van der Waals surface area (Å²) in [7, 11) is 3.52. The molecule has 1 aromatic heterocycles. The number of rotatable bonds is 4. The lowest BCUT2D eigenvalue weighted by atomic mass is 9.94. The normalized spacial score (nSPS) is 12.3. The number of carbonyl (C=O) groups is 1. The number of ketones is 1. The lowest BCUT2D eigenvalue weighted by Crippen LogP contribution is -2.27. The minimum atomic E-state index is -0.265. The van der Waals surface area contributed by atoms with Gasteiger partial charge in [-0.15, -0.1) is 0 Å². The van der Waals surface area contributed by atoms with Crippen molar-refractivity contribution in [2.45, 2.75) is 20.3 Å². The van der Waals surface area contributed by atoms with E-state index in [0.717, 1.165) is 11.3 Å². The first kappa shape index (κ1) is 16.1. The Labute approximate surface area is 140 Å². The van der Waals surface area contributed by atoms with Gasteiger partial charge in [-0.1, -0.05) is 6.92 Å². The van der Waals surface area contributed by atoms with Crippen LogP contribution in [-0.4, -0.2) is 31.7 Å². The first-order valence-corrected chi connectivity index (χ1v) is 7.81. The number of hydrogen-bond acceptors (Lipinski definition) is 5. The van der Waals surface area contributed by atoms with E-state index in [4.69, 9.17) is 9.47 Å². The van der Waals surface area contributed by atoms with E-state index in [2.05, 4.69) is 4.98 Å². The molecule has 2 heterocycles. The minimum Gasteiger partial charge on any atom is -0.454 e. The summed E-state index contributed by atoms with van der Waals surface area (Å²) < 4.78 is 10.6. The van der Waals surface area contributed by atoms with Gasteiger partial charge in [0, 0.05) is 25.4 Å². The molecule has 1 N–H and O–H groups in total. The molecular weight excluding hydrogens is 308 g/mol. The summed E-state index contributed by atoms with van der Waals surface area (Å²) >= 11 is 0. The maximum Gasteiger partial charge on any atom is 0.272 e. The number of anilines is 1. The summed E-state index contributed by atoms with van der Waals surface area (Å²) in [4.78, 5) is 30.1. The smallest absolute Gasteiger partial charge is 0.272 e. The summed E-state index contributed by atoms with van der Waals surface area (Å²) in [5.74, 6) is 0.979. The SMILES string of the molecule is CCc1c(C)[nH]c(=O)c(N(C)C)c1C(=O)c1ccc2c(c1)OCO2. The van der Waals surface area contributed by atoms with Crippen molar-refractivity contribution in [2.75, 3.05) is 25.8 Å². The number of hydrogen-bond donors (Lipinski definition) is 1. The van der Waals surface area contributed by atoms with Crippen molar-refractivity contribution in [3.05, 3.63) is 50.9 Å². The second-order valence-electron chi connectivity index (χ2n) is 5.93. The Morgan fingerprint density at radius 2 is 1.96 bits per heavy atom. The number of carbonyl (C=O) groups excluding carboxylic acids is 1. The van der Waals surface area contributed by atoms with Crippen LogP contribution in [0.2, 0.25) is 0 Å². The van der Waals surface area contributed by atoms with Crippen molar-refractivity contribution in [1.29, 1.82) is 0 Å². The Morgan fingerprint density at radius 1 is 1.25 bits per heavy atom. The summed E-state index contributed by atoms with van der Waals surface area (Å²) in [6.45, 7) is 3.94. The maximum absolute atomic E-state index is 13.2. The van der Waals surface area contributed by atoms with Crippen LogP contribution in [0.5, 0.6) is 11.5 Å². The number of nitrogens with one attached hydrogen (secondary N) is 1. The number of benzene rings is 1. The maximum atomic E-state index is 13.2. The van der Waals surface area contributed by atoms with E-state index < -0.39 is 0 Å². The average molecular weight is 328 g/mol. The standard InChI is InChI=1S/C18H20N2O4/c1-5-12-10(2)19-18(22)16(20(3)4)15(12)17(21)11-6-7-13-14(8-11)24-9-23-13/h6-8H,5,9H2,1-4H3,(H,19,22). The van der Waals surface area contributed by atoms with E-state index in [1.54, 1.807) is 37.2 Å². The van der Waals surface area contributed by atoms with Gasteiger partial charge in [-0.25, -0.2) is 0 Å². The Morgan fingerprint density at radius 3 is 2.62 bits per heavy atom. The van der Waals surface area contributed by atoms with Gasteiger partial charge in [0.2, 0.25) is 6.79 Å². The van der Waals surface area contributed by atoms with Gasteiger partial charge < -0.3 is 19.4 Å². The zero-order valence-corrected chi connectivity index (χ0v) is 14.2. The monoisotopic (exact) mass is 328 g/mol. The molecule has 0 bridgehead atoms. The number of nitrogens with zero attached hydrogens (tertiary/aromatic N) is 1. The van der Waals surface area contributed by atoms with Crippen LogP contribution in [0.1, 0.15) is 34.1 Å². The number of aryl methyl sites for hydroxylation is 1. The highest BCUT2D eigenvalue weighted by molar-refractivity contribution is 6.13. The molecule has 1 aliphatic heterocycles. The lowest BCUT2D eigenvalue weighted by molar-refractivity contribution is 0.103. The number of fused-ring (bicyclic) bond motifs is 1. The highest BCUT2D eigenvalue weighted by atomic mass is 16.7. The van der Waals surface area contributed by atoms with Crippen molar-refractivity contribution >= 4 is 11.5 Å². The number of H-pyrrole nitrogens is 1. The molecule has 0 saturated carbocycles. The summed E-state index contributed by atoms with van der Waals surface area (Å²) in [5, 5.41) is 0. The van der Waals surface area contributed by atoms with Crippen molar-refractivity contribution in [3.8, 4) is 11.5 Å². The fraction of sp³-hybridized carbons (Fsp3) is 0.333. The number of aromatic nitrogens is 1. The summed E-state index contributed by atoms with van der Waals surface area (Å²) in [6, 6.07) is 5.09. The first-order valence-electron chi connectivity index (χ1n) is 7.81. The predicted molar refractivity (Wildman–Crippen MR) is 91.5 cm³/mol. The van der Waals surface area contributed by atoms with Gasteiger partial charge in [0.25, 0.3) is 5.56 Å². The molecular formula is C18H20N2O4.